The standard InChI is InChI=1S/C10H8BrN3O/c1-7(15)10-6-12-13-14(10)9-4-2-8(11)3-5-9/h2-6H,1H3. The zero-order valence-electron chi connectivity index (χ0n) is 8.01. The summed E-state index contributed by atoms with van der Waals surface area (Å²) >= 11 is 3.34. The highest BCUT2D eigenvalue weighted by Crippen LogP contribution is 2.14. The van der Waals surface area contributed by atoms with Gasteiger partial charge in [0.05, 0.1) is 11.9 Å². The predicted molar refractivity (Wildman–Crippen MR) is 59.1 cm³/mol. The zero-order valence-corrected chi connectivity index (χ0v) is 9.60. The second-order valence-electron chi connectivity index (χ2n) is 3.06. The zero-order chi connectivity index (χ0) is 10.8. The normalized spacial score (nSPS) is 10.3. The quantitative estimate of drug-likeness (QED) is 0.783. The summed E-state index contributed by atoms with van der Waals surface area (Å²) in [6.07, 6.45) is 1.46. The van der Waals surface area contributed by atoms with Gasteiger partial charge in [0.25, 0.3) is 0 Å². The Balaban J connectivity index is 2.49. The number of benzene rings is 1. The van der Waals surface area contributed by atoms with Crippen molar-refractivity contribution in [1.82, 2.24) is 15.0 Å². The summed E-state index contributed by atoms with van der Waals surface area (Å²) < 4.78 is 2.50. The molecule has 0 radical (unpaired) electrons. The first-order valence-electron chi connectivity index (χ1n) is 4.36. The van der Waals surface area contributed by atoms with Gasteiger partial charge < -0.3 is 0 Å². The van der Waals surface area contributed by atoms with Crippen molar-refractivity contribution in [3.05, 3.63) is 40.6 Å². The molecule has 0 fully saturated rings. The van der Waals surface area contributed by atoms with Crippen LogP contribution in [0.4, 0.5) is 0 Å². The van der Waals surface area contributed by atoms with Gasteiger partial charge in [-0.25, -0.2) is 4.68 Å². The highest BCUT2D eigenvalue weighted by atomic mass is 79.9. The number of nitrogens with zero attached hydrogens (tertiary/aromatic N) is 3. The van der Waals surface area contributed by atoms with Crippen LogP contribution in [-0.2, 0) is 0 Å². The summed E-state index contributed by atoms with van der Waals surface area (Å²) in [4.78, 5) is 11.3. The maximum Gasteiger partial charge on any atom is 0.179 e. The van der Waals surface area contributed by atoms with Crippen LogP contribution in [0, 0.1) is 0 Å². The summed E-state index contributed by atoms with van der Waals surface area (Å²) in [5.41, 5.74) is 1.30. The molecule has 0 amide bonds. The van der Waals surface area contributed by atoms with E-state index in [9.17, 15) is 4.79 Å². The van der Waals surface area contributed by atoms with Crippen molar-refractivity contribution in [3.8, 4) is 5.69 Å². The second-order valence-corrected chi connectivity index (χ2v) is 3.98. The van der Waals surface area contributed by atoms with Crippen LogP contribution in [0.15, 0.2) is 34.9 Å². The van der Waals surface area contributed by atoms with E-state index in [1.165, 1.54) is 17.8 Å². The van der Waals surface area contributed by atoms with Crippen LogP contribution in [0.1, 0.15) is 17.4 Å². The average Bonchev–Trinajstić information content (AvgIpc) is 2.67. The van der Waals surface area contributed by atoms with Gasteiger partial charge in [0.1, 0.15) is 5.69 Å². The Bertz CT molecular complexity index is 490. The van der Waals surface area contributed by atoms with E-state index in [2.05, 4.69) is 26.2 Å². The number of rotatable bonds is 2. The maximum absolute atomic E-state index is 11.3. The Morgan fingerprint density at radius 1 is 1.33 bits per heavy atom. The highest BCUT2D eigenvalue weighted by molar-refractivity contribution is 9.10. The maximum atomic E-state index is 11.3. The molecule has 2 aromatic rings. The van der Waals surface area contributed by atoms with Gasteiger partial charge in [0.15, 0.2) is 5.78 Å². The minimum atomic E-state index is -0.0529. The molecule has 1 aromatic carbocycles. The molecule has 2 rings (SSSR count). The van der Waals surface area contributed by atoms with Gasteiger partial charge in [0, 0.05) is 11.4 Å². The molecular weight excluding hydrogens is 258 g/mol. The van der Waals surface area contributed by atoms with Gasteiger partial charge in [-0.3, -0.25) is 4.79 Å². The molecule has 1 heterocycles. The number of carbonyl (C=O) groups is 1. The third kappa shape index (κ3) is 1.97. The number of ketones is 1. The summed E-state index contributed by atoms with van der Waals surface area (Å²) in [5, 5.41) is 7.59. The van der Waals surface area contributed by atoms with Crippen molar-refractivity contribution in [2.24, 2.45) is 0 Å². The lowest BCUT2D eigenvalue weighted by atomic mass is 10.3. The van der Waals surface area contributed by atoms with E-state index in [-0.39, 0.29) is 5.78 Å². The summed E-state index contributed by atoms with van der Waals surface area (Å²) in [6, 6.07) is 7.51. The molecule has 1 aromatic heterocycles. The number of hydrogen-bond donors (Lipinski definition) is 0. The van der Waals surface area contributed by atoms with Crippen LogP contribution in [0.3, 0.4) is 0 Å². The topological polar surface area (TPSA) is 47.8 Å². The van der Waals surface area contributed by atoms with Crippen LogP contribution < -0.4 is 0 Å². The third-order valence-corrected chi connectivity index (χ3v) is 2.51. The number of hydrogen-bond acceptors (Lipinski definition) is 3. The van der Waals surface area contributed by atoms with Gasteiger partial charge >= 0.3 is 0 Å². The monoisotopic (exact) mass is 265 g/mol. The van der Waals surface area contributed by atoms with Crippen molar-refractivity contribution in [1.29, 1.82) is 0 Å². The van der Waals surface area contributed by atoms with Crippen molar-refractivity contribution in [2.45, 2.75) is 6.92 Å². The smallest absolute Gasteiger partial charge is 0.179 e. The molecule has 4 nitrogen and oxygen atoms in total. The van der Waals surface area contributed by atoms with Crippen molar-refractivity contribution < 1.29 is 4.79 Å². The lowest BCUT2D eigenvalue weighted by Gasteiger charge is -2.03. The summed E-state index contributed by atoms with van der Waals surface area (Å²) in [5.74, 6) is -0.0529. The molecule has 15 heavy (non-hydrogen) atoms. The second kappa shape index (κ2) is 3.94. The van der Waals surface area contributed by atoms with Crippen molar-refractivity contribution >= 4 is 21.7 Å². The van der Waals surface area contributed by atoms with Gasteiger partial charge in [-0.2, -0.15) is 0 Å². The lowest BCUT2D eigenvalue weighted by Crippen LogP contribution is -2.05. The fourth-order valence-corrected chi connectivity index (χ4v) is 1.51. The number of halogens is 1. The van der Waals surface area contributed by atoms with E-state index in [1.807, 2.05) is 24.3 Å². The van der Waals surface area contributed by atoms with E-state index >= 15 is 0 Å². The summed E-state index contributed by atoms with van der Waals surface area (Å²) in [7, 11) is 0. The molecule has 76 valence electrons. The third-order valence-electron chi connectivity index (χ3n) is 1.98. The van der Waals surface area contributed by atoms with E-state index in [0.717, 1.165) is 10.2 Å². The largest absolute Gasteiger partial charge is 0.293 e. The molecule has 0 atom stereocenters. The van der Waals surface area contributed by atoms with Crippen LogP contribution in [-0.4, -0.2) is 20.8 Å². The lowest BCUT2D eigenvalue weighted by molar-refractivity contribution is 0.101. The molecule has 0 N–H and O–H groups in total. The first-order valence-corrected chi connectivity index (χ1v) is 5.15. The van der Waals surface area contributed by atoms with Gasteiger partial charge in [-0.15, -0.1) is 5.10 Å². The van der Waals surface area contributed by atoms with Gasteiger partial charge in [-0.05, 0) is 24.3 Å². The van der Waals surface area contributed by atoms with Crippen LogP contribution in [0.25, 0.3) is 5.69 Å². The number of carbonyl (C=O) groups excluding carboxylic acids is 1. The first kappa shape index (κ1) is 10.0. The molecule has 0 saturated carbocycles. The van der Waals surface area contributed by atoms with E-state index in [4.69, 9.17) is 0 Å². The SMILES string of the molecule is CC(=O)c1cnnn1-c1ccc(Br)cc1. The average molecular weight is 266 g/mol. The van der Waals surface area contributed by atoms with Crippen LogP contribution >= 0.6 is 15.9 Å². The Morgan fingerprint density at radius 2 is 2.00 bits per heavy atom. The number of Topliss-reactive ketones (excluding diaryl/α,β-unsaturated/α-hetero) is 1. The molecule has 0 bridgehead atoms. The molecule has 5 heteroatoms. The number of aromatic nitrogens is 3. The Hall–Kier alpha value is -1.49. The Kier molecular flexibility index (Phi) is 2.64. The molecular formula is C10H8BrN3O. The molecule has 0 aliphatic rings. The van der Waals surface area contributed by atoms with Crippen molar-refractivity contribution in [3.63, 3.8) is 0 Å². The molecule has 0 aliphatic heterocycles. The van der Waals surface area contributed by atoms with Crippen LogP contribution in [0.2, 0.25) is 0 Å². The molecule has 0 saturated heterocycles. The Morgan fingerprint density at radius 3 is 2.60 bits per heavy atom. The van der Waals surface area contributed by atoms with E-state index < -0.39 is 0 Å². The van der Waals surface area contributed by atoms with Gasteiger partial charge in [0.2, 0.25) is 0 Å². The Labute approximate surface area is 95.0 Å². The fourth-order valence-electron chi connectivity index (χ4n) is 1.25. The molecule has 0 aliphatic carbocycles. The van der Waals surface area contributed by atoms with E-state index in [0.29, 0.717) is 5.69 Å². The highest BCUT2D eigenvalue weighted by Gasteiger charge is 2.09. The predicted octanol–water partition coefficient (Wildman–Crippen LogP) is 2.23. The van der Waals surface area contributed by atoms with Crippen LogP contribution in [0.5, 0.6) is 0 Å². The molecule has 0 unspecified atom stereocenters. The fraction of sp³-hybridized carbons (Fsp3) is 0.100. The first-order chi connectivity index (χ1) is 7.18. The molecule has 0 spiro atoms. The van der Waals surface area contributed by atoms with Crippen molar-refractivity contribution in [2.75, 3.05) is 0 Å². The van der Waals surface area contributed by atoms with E-state index in [1.54, 1.807) is 0 Å². The van der Waals surface area contributed by atoms with Gasteiger partial charge in [-0.1, -0.05) is 21.1 Å². The minimum absolute atomic E-state index is 0.0529. The summed E-state index contributed by atoms with van der Waals surface area (Å²) in [6.45, 7) is 1.49. The minimum Gasteiger partial charge on any atom is -0.293 e.